The van der Waals surface area contributed by atoms with E-state index < -0.39 is 5.82 Å². The van der Waals surface area contributed by atoms with Crippen LogP contribution < -0.4 is 10.5 Å². The number of rotatable bonds is 3. The third-order valence-electron chi connectivity index (χ3n) is 4.01. The van der Waals surface area contributed by atoms with E-state index in [1.165, 1.54) is 10.6 Å². The third kappa shape index (κ3) is 3.07. The van der Waals surface area contributed by atoms with Crippen LogP contribution in [0.15, 0.2) is 46.9 Å². The summed E-state index contributed by atoms with van der Waals surface area (Å²) in [6.45, 7) is 1.84. The molecule has 0 aliphatic heterocycles. The highest BCUT2D eigenvalue weighted by atomic mass is 79.9. The molecule has 0 saturated heterocycles. The van der Waals surface area contributed by atoms with Gasteiger partial charge in [0.25, 0.3) is 0 Å². The molecule has 3 rings (SSSR count). The zero-order chi connectivity index (χ0) is 18.1. The highest BCUT2D eigenvalue weighted by Crippen LogP contribution is 2.31. The minimum absolute atomic E-state index is 0.0596. The van der Waals surface area contributed by atoms with E-state index >= 15 is 0 Å². The summed E-state index contributed by atoms with van der Waals surface area (Å²) in [6.07, 6.45) is 0.441. The van der Waals surface area contributed by atoms with Gasteiger partial charge in [0.2, 0.25) is 5.62 Å². The Bertz CT molecular complexity index is 1010. The lowest BCUT2D eigenvalue weighted by atomic mass is 10.2. The van der Waals surface area contributed by atoms with Gasteiger partial charge in [-0.15, -0.1) is 0 Å². The summed E-state index contributed by atoms with van der Waals surface area (Å²) in [5.41, 5.74) is 1.39. The molecule has 0 fully saturated rings. The Labute approximate surface area is 152 Å². The molecule has 0 saturated carbocycles. The van der Waals surface area contributed by atoms with E-state index in [-0.39, 0.29) is 15.9 Å². The molecule has 7 heteroatoms. The third-order valence-corrected chi connectivity index (χ3v) is 4.62. The van der Waals surface area contributed by atoms with Gasteiger partial charge >= 0.3 is 0 Å². The standard InChI is InChI=1S/C18H17BrFN5/c1-3-16(21)25-15-10-13(19)14(20)9-12(15)17(23-18(25)22)24(2)11-7-5-4-6-8-11/h4-10,21-22H,3H2,1-2H3. The van der Waals surface area contributed by atoms with Gasteiger partial charge in [-0.3, -0.25) is 15.4 Å². The van der Waals surface area contributed by atoms with Gasteiger partial charge < -0.3 is 4.90 Å². The van der Waals surface area contributed by atoms with Crippen LogP contribution in [0, 0.1) is 16.6 Å². The largest absolute Gasteiger partial charge is 0.329 e. The lowest BCUT2D eigenvalue weighted by Gasteiger charge is -2.22. The molecule has 0 radical (unpaired) electrons. The van der Waals surface area contributed by atoms with E-state index in [1.807, 2.05) is 49.2 Å². The van der Waals surface area contributed by atoms with Crippen molar-refractivity contribution < 1.29 is 4.39 Å². The SMILES string of the molecule is CCC(=N)n1c(=N)nc(N(C)c2ccccc2)c2cc(F)c(Br)cc21. The summed E-state index contributed by atoms with van der Waals surface area (Å²) in [6, 6.07) is 12.5. The summed E-state index contributed by atoms with van der Waals surface area (Å²) in [5, 5.41) is 17.0. The first-order chi connectivity index (χ1) is 11.9. The van der Waals surface area contributed by atoms with Crippen molar-refractivity contribution in [2.75, 3.05) is 11.9 Å². The Morgan fingerprint density at radius 2 is 1.96 bits per heavy atom. The minimum Gasteiger partial charge on any atom is -0.329 e. The first-order valence-electron chi connectivity index (χ1n) is 7.77. The molecule has 0 unspecified atom stereocenters. The van der Waals surface area contributed by atoms with Crippen molar-refractivity contribution in [3.63, 3.8) is 0 Å². The number of halogens is 2. The molecule has 0 atom stereocenters. The van der Waals surface area contributed by atoms with Crippen molar-refractivity contribution in [3.05, 3.63) is 58.4 Å². The van der Waals surface area contributed by atoms with Crippen LogP contribution in [0.5, 0.6) is 0 Å². The molecule has 3 aromatic rings. The topological polar surface area (TPSA) is 68.8 Å². The van der Waals surface area contributed by atoms with E-state index in [0.717, 1.165) is 5.69 Å². The fourth-order valence-electron chi connectivity index (χ4n) is 2.69. The Morgan fingerprint density at radius 3 is 2.60 bits per heavy atom. The van der Waals surface area contributed by atoms with Crippen LogP contribution in [0.3, 0.4) is 0 Å². The van der Waals surface area contributed by atoms with Gasteiger partial charge in [0.15, 0.2) is 0 Å². The second-order valence-electron chi connectivity index (χ2n) is 5.57. The highest BCUT2D eigenvalue weighted by molar-refractivity contribution is 9.10. The number of para-hydroxylation sites is 1. The average Bonchev–Trinajstić information content (AvgIpc) is 2.62. The van der Waals surface area contributed by atoms with E-state index in [1.54, 1.807) is 6.07 Å². The van der Waals surface area contributed by atoms with Crippen LogP contribution in [0.1, 0.15) is 13.3 Å². The molecule has 1 heterocycles. The zero-order valence-electron chi connectivity index (χ0n) is 13.8. The second-order valence-corrected chi connectivity index (χ2v) is 6.43. The Morgan fingerprint density at radius 1 is 1.28 bits per heavy atom. The summed E-state index contributed by atoms with van der Waals surface area (Å²) in [4.78, 5) is 6.16. The van der Waals surface area contributed by atoms with Crippen LogP contribution in [-0.2, 0) is 0 Å². The Balaban J connectivity index is 2.36. The molecule has 0 spiro atoms. The second kappa shape index (κ2) is 6.76. The monoisotopic (exact) mass is 401 g/mol. The number of aromatic nitrogens is 2. The molecule has 2 aromatic carbocycles. The molecular weight excluding hydrogens is 385 g/mol. The maximum Gasteiger partial charge on any atom is 0.230 e. The van der Waals surface area contributed by atoms with Gasteiger partial charge in [-0.25, -0.2) is 4.39 Å². The summed E-state index contributed by atoms with van der Waals surface area (Å²) in [7, 11) is 1.83. The van der Waals surface area contributed by atoms with E-state index in [4.69, 9.17) is 10.8 Å². The molecule has 0 bridgehead atoms. The summed E-state index contributed by atoms with van der Waals surface area (Å²) in [5.74, 6) is 0.289. The predicted octanol–water partition coefficient (Wildman–Crippen LogP) is 4.42. The van der Waals surface area contributed by atoms with Crippen molar-refractivity contribution in [3.8, 4) is 0 Å². The molecule has 5 nitrogen and oxygen atoms in total. The average molecular weight is 402 g/mol. The lowest BCUT2D eigenvalue weighted by molar-refractivity contribution is 0.622. The molecule has 128 valence electrons. The van der Waals surface area contributed by atoms with Crippen LogP contribution in [-0.4, -0.2) is 22.4 Å². The van der Waals surface area contributed by atoms with Gasteiger partial charge in [0.1, 0.15) is 17.5 Å². The number of nitrogens with one attached hydrogen (secondary N) is 2. The van der Waals surface area contributed by atoms with Gasteiger partial charge in [0.05, 0.1) is 9.99 Å². The molecule has 1 aromatic heterocycles. The normalized spacial score (nSPS) is 10.9. The first-order valence-corrected chi connectivity index (χ1v) is 8.56. The molecule has 0 aliphatic rings. The smallest absolute Gasteiger partial charge is 0.230 e. The first kappa shape index (κ1) is 17.3. The number of benzene rings is 2. The van der Waals surface area contributed by atoms with Crippen molar-refractivity contribution >= 4 is 44.2 Å². The van der Waals surface area contributed by atoms with E-state index in [0.29, 0.717) is 23.1 Å². The Kier molecular flexibility index (Phi) is 4.67. The number of anilines is 2. The molecule has 0 amide bonds. The van der Waals surface area contributed by atoms with E-state index in [2.05, 4.69) is 20.9 Å². The number of fused-ring (bicyclic) bond motifs is 1. The fourth-order valence-corrected chi connectivity index (χ4v) is 3.02. The van der Waals surface area contributed by atoms with Gasteiger partial charge in [-0.2, -0.15) is 4.98 Å². The maximum absolute atomic E-state index is 14.2. The predicted molar refractivity (Wildman–Crippen MR) is 101 cm³/mol. The van der Waals surface area contributed by atoms with Crippen molar-refractivity contribution in [1.29, 1.82) is 10.8 Å². The molecule has 25 heavy (non-hydrogen) atoms. The Hall–Kier alpha value is -2.54. The lowest BCUT2D eigenvalue weighted by Crippen LogP contribution is -2.31. The van der Waals surface area contributed by atoms with Gasteiger partial charge in [-0.05, 0) is 40.2 Å². The van der Waals surface area contributed by atoms with Crippen molar-refractivity contribution in [2.24, 2.45) is 0 Å². The van der Waals surface area contributed by atoms with Crippen LogP contribution >= 0.6 is 15.9 Å². The quantitative estimate of drug-likeness (QED) is 0.503. The number of hydrogen-bond acceptors (Lipinski definition) is 4. The molecular formula is C18H17BrFN5. The van der Waals surface area contributed by atoms with Crippen molar-refractivity contribution in [2.45, 2.75) is 13.3 Å². The zero-order valence-corrected chi connectivity index (χ0v) is 15.4. The maximum atomic E-state index is 14.2. The van der Waals surface area contributed by atoms with Crippen molar-refractivity contribution in [1.82, 2.24) is 9.55 Å². The number of hydrogen-bond donors (Lipinski definition) is 2. The van der Waals surface area contributed by atoms with Gasteiger partial charge in [0, 0.05) is 24.5 Å². The van der Waals surface area contributed by atoms with Gasteiger partial charge in [-0.1, -0.05) is 25.1 Å². The van der Waals surface area contributed by atoms with E-state index in [9.17, 15) is 4.39 Å². The highest BCUT2D eigenvalue weighted by Gasteiger charge is 2.17. The molecule has 2 N–H and O–H groups in total. The van der Waals surface area contributed by atoms with Crippen LogP contribution in [0.4, 0.5) is 15.9 Å². The van der Waals surface area contributed by atoms with Crippen LogP contribution in [0.2, 0.25) is 0 Å². The summed E-state index contributed by atoms with van der Waals surface area (Å²) < 4.78 is 15.9. The molecule has 0 aliphatic carbocycles. The van der Waals surface area contributed by atoms with Crippen LogP contribution in [0.25, 0.3) is 10.9 Å². The number of nitrogens with zero attached hydrogens (tertiary/aromatic N) is 3. The minimum atomic E-state index is -0.413. The summed E-state index contributed by atoms with van der Waals surface area (Å²) >= 11 is 3.20. The fraction of sp³-hybridized carbons (Fsp3) is 0.167.